The molecule has 0 aliphatic carbocycles. The zero-order valence-corrected chi connectivity index (χ0v) is 9.32. The fraction of sp³-hybridized carbons (Fsp3) is 0.333. The van der Waals surface area contributed by atoms with Crippen LogP contribution in [0.25, 0.3) is 10.1 Å². The first-order valence-corrected chi connectivity index (χ1v) is 5.80. The Labute approximate surface area is 88.0 Å². The Morgan fingerprint density at radius 3 is 2.36 bits per heavy atom. The van der Waals surface area contributed by atoms with Gasteiger partial charge in [0.2, 0.25) is 0 Å². The summed E-state index contributed by atoms with van der Waals surface area (Å²) in [5.74, 6) is 0. The van der Waals surface area contributed by atoms with Gasteiger partial charge >= 0.3 is 0 Å². The van der Waals surface area contributed by atoms with E-state index in [4.69, 9.17) is 0 Å². The topological polar surface area (TPSA) is 20.2 Å². The summed E-state index contributed by atoms with van der Waals surface area (Å²) < 4.78 is 1.19. The summed E-state index contributed by atoms with van der Waals surface area (Å²) in [6, 6.07) is 6.25. The summed E-state index contributed by atoms with van der Waals surface area (Å²) in [5.41, 5.74) is 2.81. The van der Waals surface area contributed by atoms with Gasteiger partial charge < -0.3 is 5.11 Å². The fourth-order valence-electron chi connectivity index (χ4n) is 1.82. The predicted molar refractivity (Wildman–Crippen MR) is 62.2 cm³/mol. The first kappa shape index (κ1) is 9.53. The van der Waals surface area contributed by atoms with Crippen molar-refractivity contribution in [1.29, 1.82) is 0 Å². The summed E-state index contributed by atoms with van der Waals surface area (Å²) in [4.78, 5) is 0. The van der Waals surface area contributed by atoms with Crippen molar-refractivity contribution in [3.05, 3.63) is 29.3 Å². The van der Waals surface area contributed by atoms with Crippen LogP contribution in [0, 0.1) is 0 Å². The van der Waals surface area contributed by atoms with Crippen LogP contribution >= 0.6 is 11.3 Å². The number of hydrogen-bond acceptors (Lipinski definition) is 2. The number of rotatable bonds is 2. The summed E-state index contributed by atoms with van der Waals surface area (Å²) in [5, 5.41) is 11.0. The van der Waals surface area contributed by atoms with Gasteiger partial charge in [-0.1, -0.05) is 25.2 Å². The van der Waals surface area contributed by atoms with Gasteiger partial charge in [0.05, 0.1) is 0 Å². The Bertz CT molecular complexity index is 416. The molecule has 0 aliphatic heterocycles. The Kier molecular flexibility index (Phi) is 2.46. The maximum absolute atomic E-state index is 9.40. The van der Waals surface area contributed by atoms with Crippen LogP contribution in [0.2, 0.25) is 0 Å². The first-order chi connectivity index (χ1) is 6.74. The van der Waals surface area contributed by atoms with Crippen LogP contribution in [0.4, 0.5) is 0 Å². The Balaban J connectivity index is 2.68. The zero-order chi connectivity index (χ0) is 10.1. The molecule has 0 unspecified atom stereocenters. The smallest absolute Gasteiger partial charge is 0.172 e. The summed E-state index contributed by atoms with van der Waals surface area (Å²) >= 11 is 1.46. The normalized spacial score (nSPS) is 11.0. The van der Waals surface area contributed by atoms with E-state index in [0.717, 1.165) is 12.8 Å². The van der Waals surface area contributed by atoms with Crippen molar-refractivity contribution in [2.45, 2.75) is 26.7 Å². The van der Waals surface area contributed by atoms with Gasteiger partial charge in [-0.3, -0.25) is 0 Å². The largest absolute Gasteiger partial charge is 0.499 e. The van der Waals surface area contributed by atoms with Crippen LogP contribution in [-0.4, -0.2) is 5.11 Å². The lowest BCUT2D eigenvalue weighted by atomic mass is 10.0. The van der Waals surface area contributed by atoms with Crippen molar-refractivity contribution in [3.8, 4) is 5.06 Å². The summed E-state index contributed by atoms with van der Waals surface area (Å²) in [6.07, 6.45) is 2.13. The third kappa shape index (κ3) is 1.50. The number of aryl methyl sites for hydroxylation is 2. The van der Waals surface area contributed by atoms with Gasteiger partial charge in [-0.05, 0) is 47.6 Å². The van der Waals surface area contributed by atoms with Gasteiger partial charge in [-0.15, -0.1) is 0 Å². The van der Waals surface area contributed by atoms with Gasteiger partial charge in [0.1, 0.15) is 0 Å². The first-order valence-electron chi connectivity index (χ1n) is 4.99. The average Bonchev–Trinajstić information content (AvgIpc) is 2.54. The van der Waals surface area contributed by atoms with Crippen LogP contribution in [0.15, 0.2) is 18.2 Å². The molecule has 1 N–H and O–H groups in total. The van der Waals surface area contributed by atoms with E-state index in [9.17, 15) is 5.11 Å². The van der Waals surface area contributed by atoms with Gasteiger partial charge in [-0.2, -0.15) is 0 Å². The molecule has 1 aromatic carbocycles. The highest BCUT2D eigenvalue weighted by atomic mass is 32.1. The molecule has 0 saturated heterocycles. The second-order valence-corrected chi connectivity index (χ2v) is 4.51. The van der Waals surface area contributed by atoms with Crippen LogP contribution in [0.3, 0.4) is 0 Å². The van der Waals surface area contributed by atoms with E-state index in [0.29, 0.717) is 5.06 Å². The molecule has 2 rings (SSSR count). The van der Waals surface area contributed by atoms with Crippen molar-refractivity contribution in [2.24, 2.45) is 0 Å². The molecule has 0 atom stereocenters. The molecule has 74 valence electrons. The van der Waals surface area contributed by atoms with E-state index < -0.39 is 0 Å². The minimum Gasteiger partial charge on any atom is -0.499 e. The minimum absolute atomic E-state index is 0.412. The van der Waals surface area contributed by atoms with Crippen molar-refractivity contribution >= 4 is 21.4 Å². The predicted octanol–water partition coefficient (Wildman–Crippen LogP) is 3.73. The minimum atomic E-state index is 0.412. The van der Waals surface area contributed by atoms with E-state index in [1.54, 1.807) is 0 Å². The number of hydrogen-bond donors (Lipinski definition) is 1. The maximum atomic E-state index is 9.40. The molecule has 1 aromatic heterocycles. The molecule has 0 saturated carbocycles. The highest BCUT2D eigenvalue weighted by Crippen LogP contribution is 2.32. The lowest BCUT2D eigenvalue weighted by molar-refractivity contribution is 0.491. The molecule has 1 nitrogen and oxygen atoms in total. The Hall–Kier alpha value is -1.02. The van der Waals surface area contributed by atoms with Crippen molar-refractivity contribution in [1.82, 2.24) is 0 Å². The van der Waals surface area contributed by atoms with Crippen molar-refractivity contribution in [2.75, 3.05) is 0 Å². The number of thiophene rings is 1. The number of aromatic hydroxyl groups is 1. The molecule has 0 bridgehead atoms. The van der Waals surface area contributed by atoms with Crippen LogP contribution in [0.1, 0.15) is 25.0 Å². The summed E-state index contributed by atoms with van der Waals surface area (Å²) in [6.45, 7) is 4.35. The fourth-order valence-corrected chi connectivity index (χ4v) is 2.67. The highest BCUT2D eigenvalue weighted by molar-refractivity contribution is 7.20. The van der Waals surface area contributed by atoms with E-state index in [1.807, 2.05) is 6.07 Å². The molecule has 2 heteroatoms. The van der Waals surface area contributed by atoms with Gasteiger partial charge in [0.25, 0.3) is 0 Å². The highest BCUT2D eigenvalue weighted by Gasteiger charge is 2.05. The zero-order valence-electron chi connectivity index (χ0n) is 8.50. The average molecular weight is 206 g/mol. The molecule has 0 radical (unpaired) electrons. The Morgan fingerprint density at radius 2 is 1.71 bits per heavy atom. The lowest BCUT2D eigenvalue weighted by Crippen LogP contribution is -1.89. The molecular formula is C12H14OS. The third-order valence-electron chi connectivity index (χ3n) is 2.59. The molecule has 2 aromatic rings. The van der Waals surface area contributed by atoms with E-state index in [-0.39, 0.29) is 0 Å². The number of fused-ring (bicyclic) bond motifs is 1. The molecule has 0 fully saturated rings. The SMILES string of the molecule is CCc1cc2cc(O)sc2cc1CC. The maximum Gasteiger partial charge on any atom is 0.172 e. The Morgan fingerprint density at radius 1 is 1.07 bits per heavy atom. The molecule has 0 spiro atoms. The second kappa shape index (κ2) is 3.62. The summed E-state index contributed by atoms with van der Waals surface area (Å²) in [7, 11) is 0. The lowest BCUT2D eigenvalue weighted by Gasteiger charge is -2.05. The van der Waals surface area contributed by atoms with Crippen molar-refractivity contribution < 1.29 is 5.11 Å². The van der Waals surface area contributed by atoms with Crippen LogP contribution < -0.4 is 0 Å². The second-order valence-electron chi connectivity index (χ2n) is 3.45. The van der Waals surface area contributed by atoms with Gasteiger partial charge in [-0.25, -0.2) is 0 Å². The van der Waals surface area contributed by atoms with E-state index in [1.165, 1.54) is 32.5 Å². The van der Waals surface area contributed by atoms with Crippen LogP contribution in [-0.2, 0) is 12.8 Å². The molecule has 0 aliphatic rings. The molecular weight excluding hydrogens is 192 g/mol. The van der Waals surface area contributed by atoms with Gasteiger partial charge in [0, 0.05) is 4.70 Å². The number of benzene rings is 1. The van der Waals surface area contributed by atoms with E-state index in [2.05, 4.69) is 26.0 Å². The molecule has 14 heavy (non-hydrogen) atoms. The molecule has 1 heterocycles. The third-order valence-corrected chi connectivity index (χ3v) is 3.49. The quantitative estimate of drug-likeness (QED) is 0.793. The van der Waals surface area contributed by atoms with E-state index >= 15 is 0 Å². The molecule has 0 amide bonds. The van der Waals surface area contributed by atoms with Crippen molar-refractivity contribution in [3.63, 3.8) is 0 Å². The van der Waals surface area contributed by atoms with Gasteiger partial charge in [0.15, 0.2) is 5.06 Å². The standard InChI is InChI=1S/C12H14OS/c1-3-8-5-10-7-12(13)14-11(10)6-9(8)4-2/h5-7,13H,3-4H2,1-2H3. The van der Waals surface area contributed by atoms with Crippen LogP contribution in [0.5, 0.6) is 5.06 Å². The monoisotopic (exact) mass is 206 g/mol.